The number of nitrogens with zero attached hydrogens (tertiary/aromatic N) is 2. The van der Waals surface area contributed by atoms with E-state index in [1.54, 1.807) is 9.80 Å². The predicted octanol–water partition coefficient (Wildman–Crippen LogP) is -0.235. The van der Waals surface area contributed by atoms with Gasteiger partial charge in [-0.05, 0) is 0 Å². The van der Waals surface area contributed by atoms with Crippen LogP contribution in [-0.4, -0.2) is 77.3 Å². The Kier molecular flexibility index (Phi) is 4.85. The highest BCUT2D eigenvalue weighted by Crippen LogP contribution is 2.17. The lowest BCUT2D eigenvalue weighted by Crippen LogP contribution is -2.47. The van der Waals surface area contributed by atoms with E-state index < -0.39 is 0 Å². The third-order valence-electron chi connectivity index (χ3n) is 3.14. The van der Waals surface area contributed by atoms with E-state index in [2.05, 4.69) is 0 Å². The summed E-state index contributed by atoms with van der Waals surface area (Å²) in [6.07, 6.45) is 0.0800. The number of aliphatic hydroxyl groups is 1. The Morgan fingerprint density at radius 3 is 3.00 bits per heavy atom. The van der Waals surface area contributed by atoms with Gasteiger partial charge >= 0.3 is 0 Å². The Morgan fingerprint density at radius 2 is 2.33 bits per heavy atom. The van der Waals surface area contributed by atoms with Gasteiger partial charge in [-0.3, -0.25) is 9.59 Å². The van der Waals surface area contributed by atoms with Crippen LogP contribution < -0.4 is 0 Å². The minimum absolute atomic E-state index is 0.0291. The van der Waals surface area contributed by atoms with Gasteiger partial charge in [-0.2, -0.15) is 0 Å². The van der Waals surface area contributed by atoms with Crippen LogP contribution in [0.3, 0.4) is 0 Å². The summed E-state index contributed by atoms with van der Waals surface area (Å²) in [5.41, 5.74) is 0. The Balaban J connectivity index is 1.75. The van der Waals surface area contributed by atoms with Crippen molar-refractivity contribution in [3.8, 4) is 0 Å². The normalized spacial score (nSPS) is 24.7. The molecule has 0 spiro atoms. The predicted molar refractivity (Wildman–Crippen MR) is 67.4 cm³/mol. The zero-order valence-electron chi connectivity index (χ0n) is 10.2. The second-order valence-electron chi connectivity index (χ2n) is 4.37. The molecule has 2 saturated heterocycles. The topological polar surface area (TPSA) is 70.1 Å². The van der Waals surface area contributed by atoms with Crippen LogP contribution in [0.25, 0.3) is 0 Å². The smallest absolute Gasteiger partial charge is 0.281 e. The molecule has 7 heteroatoms. The molecule has 2 amide bonds. The maximum Gasteiger partial charge on any atom is 0.281 e. The molecule has 2 heterocycles. The van der Waals surface area contributed by atoms with Gasteiger partial charge in [0.1, 0.15) is 0 Å². The van der Waals surface area contributed by atoms with E-state index in [0.717, 1.165) is 12.3 Å². The average Bonchev–Trinajstić information content (AvgIpc) is 2.81. The van der Waals surface area contributed by atoms with Crippen LogP contribution in [0, 0.1) is 0 Å². The van der Waals surface area contributed by atoms with E-state index in [0.29, 0.717) is 32.7 Å². The maximum atomic E-state index is 12.0. The zero-order chi connectivity index (χ0) is 13.0. The fourth-order valence-electron chi connectivity index (χ4n) is 2.07. The van der Waals surface area contributed by atoms with Gasteiger partial charge in [0.15, 0.2) is 0 Å². The molecule has 6 nitrogen and oxygen atoms in total. The molecule has 0 radical (unpaired) electrons. The molecule has 18 heavy (non-hydrogen) atoms. The van der Waals surface area contributed by atoms with Crippen molar-refractivity contribution < 1.29 is 19.4 Å². The molecule has 0 bridgehead atoms. The van der Waals surface area contributed by atoms with E-state index in [1.807, 2.05) is 0 Å². The first-order chi connectivity index (χ1) is 8.70. The van der Waals surface area contributed by atoms with Crippen LogP contribution in [-0.2, 0) is 9.53 Å². The summed E-state index contributed by atoms with van der Waals surface area (Å²) in [5, 5.41) is 9.08. The van der Waals surface area contributed by atoms with Crippen LogP contribution in [0.5, 0.6) is 0 Å². The molecule has 1 N–H and O–H groups in total. The Morgan fingerprint density at radius 1 is 1.50 bits per heavy atom. The average molecular weight is 274 g/mol. The van der Waals surface area contributed by atoms with Gasteiger partial charge in [-0.25, -0.2) is 0 Å². The fourth-order valence-corrected chi connectivity index (χ4v) is 2.93. The molecule has 0 aliphatic carbocycles. The lowest BCUT2D eigenvalue weighted by atomic mass is 10.2. The molecule has 1 unspecified atom stereocenters. The van der Waals surface area contributed by atoms with Crippen molar-refractivity contribution in [1.82, 2.24) is 9.80 Å². The number of aliphatic hydroxyl groups excluding tert-OH is 1. The van der Waals surface area contributed by atoms with Crippen LogP contribution in [0.4, 0.5) is 4.79 Å². The number of amides is 2. The number of carbonyl (C=O) groups is 2. The summed E-state index contributed by atoms with van der Waals surface area (Å²) in [5.74, 6) is 0.846. The quantitative estimate of drug-likeness (QED) is 0.766. The molecule has 0 aromatic carbocycles. The molecule has 1 atom stereocenters. The standard InChI is InChI=1S/C11H18N2O4S/c14-8-9-7-13(3-5-17-9)10(15)1-2-12-4-6-18-11(12)16/h9,14H,1-8H2. The fraction of sp³-hybridized carbons (Fsp3) is 0.818. The summed E-state index contributed by atoms with van der Waals surface area (Å²) in [6.45, 7) is 2.64. The molecule has 102 valence electrons. The van der Waals surface area contributed by atoms with Crippen molar-refractivity contribution in [2.24, 2.45) is 0 Å². The van der Waals surface area contributed by atoms with E-state index in [4.69, 9.17) is 9.84 Å². The first-order valence-electron chi connectivity index (χ1n) is 6.12. The van der Waals surface area contributed by atoms with Crippen molar-refractivity contribution in [3.05, 3.63) is 0 Å². The molecule has 2 aliphatic rings. The number of rotatable bonds is 4. The third-order valence-corrected chi connectivity index (χ3v) is 4.03. The lowest BCUT2D eigenvalue weighted by Gasteiger charge is -2.32. The van der Waals surface area contributed by atoms with Crippen LogP contribution >= 0.6 is 11.8 Å². The number of ether oxygens (including phenoxy) is 1. The molecule has 2 fully saturated rings. The van der Waals surface area contributed by atoms with Crippen molar-refractivity contribution in [3.63, 3.8) is 0 Å². The van der Waals surface area contributed by atoms with Crippen LogP contribution in [0.2, 0.25) is 0 Å². The van der Waals surface area contributed by atoms with Gasteiger partial charge in [-0.1, -0.05) is 11.8 Å². The van der Waals surface area contributed by atoms with Crippen molar-refractivity contribution >= 4 is 22.9 Å². The Bertz CT molecular complexity index is 326. The van der Waals surface area contributed by atoms with Gasteiger partial charge in [0.2, 0.25) is 5.91 Å². The summed E-state index contributed by atoms with van der Waals surface area (Å²) in [7, 11) is 0. The number of hydrogen-bond acceptors (Lipinski definition) is 5. The molecule has 2 rings (SSSR count). The molecule has 0 aromatic heterocycles. The van der Waals surface area contributed by atoms with E-state index >= 15 is 0 Å². The monoisotopic (exact) mass is 274 g/mol. The highest BCUT2D eigenvalue weighted by molar-refractivity contribution is 8.13. The summed E-state index contributed by atoms with van der Waals surface area (Å²) in [6, 6.07) is 0. The van der Waals surface area contributed by atoms with E-state index in [9.17, 15) is 9.59 Å². The first-order valence-corrected chi connectivity index (χ1v) is 7.11. The second kappa shape index (κ2) is 6.40. The molecule has 0 aromatic rings. The van der Waals surface area contributed by atoms with Gasteiger partial charge in [-0.15, -0.1) is 0 Å². The lowest BCUT2D eigenvalue weighted by molar-refractivity contribution is -0.140. The SMILES string of the molecule is O=C(CCN1CCSC1=O)N1CCOC(CO)C1. The van der Waals surface area contributed by atoms with Crippen molar-refractivity contribution in [2.45, 2.75) is 12.5 Å². The maximum absolute atomic E-state index is 12.0. The number of morpholine rings is 1. The van der Waals surface area contributed by atoms with Crippen LogP contribution in [0.1, 0.15) is 6.42 Å². The highest BCUT2D eigenvalue weighted by Gasteiger charge is 2.26. The van der Waals surface area contributed by atoms with Crippen molar-refractivity contribution in [1.29, 1.82) is 0 Å². The van der Waals surface area contributed by atoms with Crippen molar-refractivity contribution in [2.75, 3.05) is 45.1 Å². The van der Waals surface area contributed by atoms with Gasteiger partial charge in [0, 0.05) is 38.4 Å². The van der Waals surface area contributed by atoms with Crippen LogP contribution in [0.15, 0.2) is 0 Å². The molecule has 0 saturated carbocycles. The molecular formula is C11H18N2O4S. The summed E-state index contributed by atoms with van der Waals surface area (Å²) in [4.78, 5) is 26.8. The minimum atomic E-state index is -0.272. The molecular weight excluding hydrogens is 256 g/mol. The summed E-state index contributed by atoms with van der Waals surface area (Å²) < 4.78 is 5.29. The van der Waals surface area contributed by atoms with Gasteiger partial charge < -0.3 is 19.6 Å². The Labute approximate surface area is 110 Å². The zero-order valence-corrected chi connectivity index (χ0v) is 11.0. The van der Waals surface area contributed by atoms with Gasteiger partial charge in [0.25, 0.3) is 5.24 Å². The van der Waals surface area contributed by atoms with E-state index in [-0.39, 0.29) is 23.9 Å². The third kappa shape index (κ3) is 3.37. The second-order valence-corrected chi connectivity index (χ2v) is 5.41. The Hall–Kier alpha value is -0.790. The van der Waals surface area contributed by atoms with E-state index in [1.165, 1.54) is 11.8 Å². The highest BCUT2D eigenvalue weighted by atomic mass is 32.2. The van der Waals surface area contributed by atoms with Gasteiger partial charge in [0.05, 0.1) is 19.3 Å². The number of hydrogen-bond donors (Lipinski definition) is 1. The molecule has 2 aliphatic heterocycles. The largest absolute Gasteiger partial charge is 0.394 e. The number of thioether (sulfide) groups is 1. The number of carbonyl (C=O) groups excluding carboxylic acids is 2. The first kappa shape index (κ1) is 13.6. The minimum Gasteiger partial charge on any atom is -0.394 e. The summed E-state index contributed by atoms with van der Waals surface area (Å²) >= 11 is 1.31.